The van der Waals surface area contributed by atoms with Crippen molar-refractivity contribution in [2.24, 2.45) is 4.99 Å². The van der Waals surface area contributed by atoms with E-state index < -0.39 is 0 Å². The summed E-state index contributed by atoms with van der Waals surface area (Å²) >= 11 is 1.66. The Morgan fingerprint density at radius 2 is 1.92 bits per heavy atom. The topological polar surface area (TPSA) is 56.7 Å². The van der Waals surface area contributed by atoms with E-state index in [2.05, 4.69) is 39.2 Å². The second kappa shape index (κ2) is 9.72. The molecule has 128 valence electrons. The Labute approximate surface area is 147 Å². The number of amides is 1. The van der Waals surface area contributed by atoms with Crippen LogP contribution in [0.5, 0.6) is 0 Å². The molecule has 0 atom stereocenters. The SMILES string of the molecule is CN(C)C(=O)CNC(=NCc1ccsc1)NCCc1ccccc1. The molecule has 1 amide bonds. The highest BCUT2D eigenvalue weighted by atomic mass is 32.1. The molecule has 0 aliphatic heterocycles. The van der Waals surface area contributed by atoms with E-state index >= 15 is 0 Å². The minimum absolute atomic E-state index is 0.0168. The molecule has 2 N–H and O–H groups in total. The molecule has 0 spiro atoms. The summed E-state index contributed by atoms with van der Waals surface area (Å²) in [5.74, 6) is 0.676. The number of benzene rings is 1. The van der Waals surface area contributed by atoms with Crippen molar-refractivity contribution >= 4 is 23.2 Å². The number of guanidine groups is 1. The average molecular weight is 344 g/mol. The summed E-state index contributed by atoms with van der Waals surface area (Å²) in [5.41, 5.74) is 2.44. The predicted molar refractivity (Wildman–Crippen MR) is 100 cm³/mol. The van der Waals surface area contributed by atoms with Crippen molar-refractivity contribution in [3.8, 4) is 0 Å². The molecule has 0 fully saturated rings. The highest BCUT2D eigenvalue weighted by Crippen LogP contribution is 2.06. The molecule has 0 radical (unpaired) electrons. The molecule has 1 heterocycles. The number of carbonyl (C=O) groups is 1. The van der Waals surface area contributed by atoms with Crippen molar-refractivity contribution in [2.75, 3.05) is 27.2 Å². The van der Waals surface area contributed by atoms with Gasteiger partial charge in [-0.25, -0.2) is 4.99 Å². The largest absolute Gasteiger partial charge is 0.356 e. The van der Waals surface area contributed by atoms with Crippen molar-refractivity contribution in [3.63, 3.8) is 0 Å². The van der Waals surface area contributed by atoms with Crippen molar-refractivity contribution in [1.82, 2.24) is 15.5 Å². The molecule has 1 aromatic heterocycles. The first-order valence-electron chi connectivity index (χ1n) is 7.92. The molecule has 1 aromatic carbocycles. The Balaban J connectivity index is 1.88. The molecule has 5 nitrogen and oxygen atoms in total. The lowest BCUT2D eigenvalue weighted by Gasteiger charge is -2.15. The third kappa shape index (κ3) is 6.42. The molecule has 0 aliphatic rings. The fourth-order valence-corrected chi connectivity index (χ4v) is 2.67. The van der Waals surface area contributed by atoms with Gasteiger partial charge in [-0.15, -0.1) is 0 Å². The number of likely N-dealkylation sites (N-methyl/N-ethyl adjacent to an activating group) is 1. The van der Waals surface area contributed by atoms with Crippen LogP contribution in [-0.4, -0.2) is 44.0 Å². The van der Waals surface area contributed by atoms with E-state index in [0.717, 1.165) is 13.0 Å². The standard InChI is InChI=1S/C18H24N4OS/c1-22(2)17(23)13-21-18(20-12-16-9-11-24-14-16)19-10-8-15-6-4-3-5-7-15/h3-7,9,11,14H,8,10,12-13H2,1-2H3,(H2,19,20,21). The number of hydrogen-bond donors (Lipinski definition) is 2. The fraction of sp³-hybridized carbons (Fsp3) is 0.333. The lowest BCUT2D eigenvalue weighted by Crippen LogP contribution is -2.43. The van der Waals surface area contributed by atoms with Crippen molar-refractivity contribution in [1.29, 1.82) is 0 Å². The van der Waals surface area contributed by atoms with Gasteiger partial charge in [-0.1, -0.05) is 30.3 Å². The van der Waals surface area contributed by atoms with Crippen LogP contribution in [0.4, 0.5) is 0 Å². The normalized spacial score (nSPS) is 11.2. The third-order valence-electron chi connectivity index (χ3n) is 3.45. The smallest absolute Gasteiger partial charge is 0.241 e. The zero-order valence-corrected chi connectivity index (χ0v) is 15.0. The Morgan fingerprint density at radius 3 is 2.58 bits per heavy atom. The zero-order chi connectivity index (χ0) is 17.2. The summed E-state index contributed by atoms with van der Waals surface area (Å²) < 4.78 is 0. The van der Waals surface area contributed by atoms with Gasteiger partial charge >= 0.3 is 0 Å². The fourth-order valence-electron chi connectivity index (χ4n) is 2.01. The van der Waals surface area contributed by atoms with Crippen LogP contribution >= 0.6 is 11.3 Å². The van der Waals surface area contributed by atoms with Crippen molar-refractivity contribution < 1.29 is 4.79 Å². The molecule has 0 saturated heterocycles. The van der Waals surface area contributed by atoms with Crippen LogP contribution < -0.4 is 10.6 Å². The van der Waals surface area contributed by atoms with Crippen LogP contribution in [0.25, 0.3) is 0 Å². The summed E-state index contributed by atoms with van der Waals surface area (Å²) in [6.07, 6.45) is 0.904. The average Bonchev–Trinajstić information content (AvgIpc) is 3.10. The molecule has 2 rings (SSSR count). The quantitative estimate of drug-likeness (QED) is 0.597. The summed E-state index contributed by atoms with van der Waals surface area (Å²) in [5, 5.41) is 10.5. The van der Waals surface area contributed by atoms with Gasteiger partial charge in [-0.3, -0.25) is 4.79 Å². The second-order valence-electron chi connectivity index (χ2n) is 5.60. The molecule has 0 unspecified atom stereocenters. The Bertz CT molecular complexity index is 638. The van der Waals surface area contributed by atoms with Gasteiger partial charge in [0, 0.05) is 20.6 Å². The summed E-state index contributed by atoms with van der Waals surface area (Å²) in [7, 11) is 3.49. The molecule has 0 bridgehead atoms. The molecule has 0 aliphatic carbocycles. The monoisotopic (exact) mass is 344 g/mol. The first-order valence-corrected chi connectivity index (χ1v) is 8.87. The second-order valence-corrected chi connectivity index (χ2v) is 6.38. The first kappa shape index (κ1) is 18.0. The highest BCUT2D eigenvalue weighted by Gasteiger charge is 2.06. The van der Waals surface area contributed by atoms with Gasteiger partial charge in [0.1, 0.15) is 0 Å². The molecule has 0 saturated carbocycles. The predicted octanol–water partition coefficient (Wildman–Crippen LogP) is 2.11. The molecule has 24 heavy (non-hydrogen) atoms. The number of thiophene rings is 1. The number of nitrogens with zero attached hydrogens (tertiary/aromatic N) is 2. The van der Waals surface area contributed by atoms with Crippen LogP contribution in [0.1, 0.15) is 11.1 Å². The van der Waals surface area contributed by atoms with Gasteiger partial charge in [0.25, 0.3) is 0 Å². The first-order chi connectivity index (χ1) is 11.6. The van der Waals surface area contributed by atoms with Gasteiger partial charge < -0.3 is 15.5 Å². The van der Waals surface area contributed by atoms with E-state index in [9.17, 15) is 4.79 Å². The van der Waals surface area contributed by atoms with Crippen LogP contribution in [-0.2, 0) is 17.8 Å². The van der Waals surface area contributed by atoms with Gasteiger partial charge in [0.15, 0.2) is 5.96 Å². The zero-order valence-electron chi connectivity index (χ0n) is 14.2. The van der Waals surface area contributed by atoms with E-state index in [1.165, 1.54) is 11.1 Å². The maximum atomic E-state index is 11.8. The lowest BCUT2D eigenvalue weighted by molar-refractivity contribution is -0.127. The van der Waals surface area contributed by atoms with Crippen LogP contribution in [0.3, 0.4) is 0 Å². The molecular formula is C18H24N4OS. The Morgan fingerprint density at radius 1 is 1.12 bits per heavy atom. The van der Waals surface area contributed by atoms with Crippen molar-refractivity contribution in [2.45, 2.75) is 13.0 Å². The Hall–Kier alpha value is -2.34. The summed E-state index contributed by atoms with van der Waals surface area (Å²) in [6, 6.07) is 12.4. The number of hydrogen-bond acceptors (Lipinski definition) is 3. The maximum absolute atomic E-state index is 11.8. The van der Waals surface area contributed by atoms with Gasteiger partial charge in [-0.2, -0.15) is 11.3 Å². The summed E-state index contributed by atoms with van der Waals surface area (Å²) in [4.78, 5) is 17.9. The molecule has 2 aromatic rings. The van der Waals surface area contributed by atoms with Gasteiger partial charge in [-0.05, 0) is 34.4 Å². The van der Waals surface area contributed by atoms with Crippen LogP contribution in [0.2, 0.25) is 0 Å². The molecular weight excluding hydrogens is 320 g/mol. The lowest BCUT2D eigenvalue weighted by atomic mass is 10.1. The van der Waals surface area contributed by atoms with Crippen LogP contribution in [0.15, 0.2) is 52.2 Å². The van der Waals surface area contributed by atoms with E-state index in [-0.39, 0.29) is 12.5 Å². The van der Waals surface area contributed by atoms with Crippen LogP contribution in [0, 0.1) is 0 Å². The Kier molecular flexibility index (Phi) is 7.29. The van der Waals surface area contributed by atoms with Crippen molar-refractivity contribution in [3.05, 3.63) is 58.3 Å². The summed E-state index contributed by atoms with van der Waals surface area (Å²) in [6.45, 7) is 1.59. The van der Waals surface area contributed by atoms with E-state index in [1.807, 2.05) is 23.6 Å². The minimum Gasteiger partial charge on any atom is -0.356 e. The highest BCUT2D eigenvalue weighted by molar-refractivity contribution is 7.07. The number of rotatable bonds is 7. The van der Waals surface area contributed by atoms with E-state index in [0.29, 0.717) is 12.5 Å². The minimum atomic E-state index is 0.0168. The molecule has 6 heteroatoms. The third-order valence-corrected chi connectivity index (χ3v) is 4.19. The van der Waals surface area contributed by atoms with E-state index in [4.69, 9.17) is 0 Å². The number of nitrogens with one attached hydrogen (secondary N) is 2. The number of aliphatic imine (C=N–C) groups is 1. The number of carbonyl (C=O) groups excluding carboxylic acids is 1. The maximum Gasteiger partial charge on any atom is 0.241 e. The van der Waals surface area contributed by atoms with E-state index in [1.54, 1.807) is 30.3 Å². The van der Waals surface area contributed by atoms with Gasteiger partial charge in [0.05, 0.1) is 13.1 Å². The van der Waals surface area contributed by atoms with Gasteiger partial charge in [0.2, 0.25) is 5.91 Å².